The number of hydrogen-bond acceptors (Lipinski definition) is 5. The number of carbonyl (C=O) groups excluding carboxylic acids is 2. The van der Waals surface area contributed by atoms with Crippen molar-refractivity contribution in [3.63, 3.8) is 0 Å². The third-order valence-electron chi connectivity index (χ3n) is 6.45. The number of amides is 2. The molecule has 1 unspecified atom stereocenters. The van der Waals surface area contributed by atoms with Gasteiger partial charge in [-0.05, 0) is 35.7 Å². The van der Waals surface area contributed by atoms with E-state index in [1.807, 2.05) is 39.4 Å². The molecule has 2 saturated heterocycles. The number of thiazole rings is 1. The van der Waals surface area contributed by atoms with E-state index in [9.17, 15) is 9.59 Å². The first-order chi connectivity index (χ1) is 15.6. The van der Waals surface area contributed by atoms with Gasteiger partial charge in [0, 0.05) is 62.5 Å². The van der Waals surface area contributed by atoms with Gasteiger partial charge in [0.2, 0.25) is 5.91 Å². The molecule has 2 amide bonds. The molecule has 6 nitrogen and oxygen atoms in total. The fourth-order valence-corrected chi connectivity index (χ4v) is 5.28. The molecular weight excluding hydrogens is 420 g/mol. The van der Waals surface area contributed by atoms with Gasteiger partial charge in [-0.2, -0.15) is 0 Å². The molecule has 0 bridgehead atoms. The lowest BCUT2D eigenvalue weighted by atomic mass is 10.0. The zero-order valence-corrected chi connectivity index (χ0v) is 18.9. The number of hydrogen-bond donors (Lipinski definition) is 0. The fraction of sp³-hybridized carbons (Fsp3) is 0.320. The summed E-state index contributed by atoms with van der Waals surface area (Å²) in [6.07, 6.45) is 2.19. The summed E-state index contributed by atoms with van der Waals surface area (Å²) in [5.41, 5.74) is 4.50. The minimum Gasteiger partial charge on any atom is -0.334 e. The summed E-state index contributed by atoms with van der Waals surface area (Å²) in [4.78, 5) is 35.7. The van der Waals surface area contributed by atoms with Crippen molar-refractivity contribution in [3.05, 3.63) is 70.7 Å². The lowest BCUT2D eigenvalue weighted by Crippen LogP contribution is -2.52. The van der Waals surface area contributed by atoms with E-state index in [0.717, 1.165) is 24.3 Å². The summed E-state index contributed by atoms with van der Waals surface area (Å²) in [6, 6.07) is 16.8. The van der Waals surface area contributed by atoms with Crippen LogP contribution in [0.3, 0.4) is 0 Å². The molecule has 2 fully saturated rings. The van der Waals surface area contributed by atoms with Crippen molar-refractivity contribution in [2.45, 2.75) is 19.4 Å². The van der Waals surface area contributed by atoms with Crippen LogP contribution >= 0.6 is 11.3 Å². The number of aromatic nitrogens is 1. The second kappa shape index (κ2) is 8.84. The molecule has 7 heteroatoms. The molecule has 0 spiro atoms. The Bertz CT molecular complexity index is 1120. The van der Waals surface area contributed by atoms with Crippen LogP contribution in [-0.2, 0) is 4.79 Å². The van der Waals surface area contributed by atoms with Crippen LogP contribution in [0.25, 0.3) is 11.1 Å². The van der Waals surface area contributed by atoms with Gasteiger partial charge in [0.05, 0.1) is 0 Å². The van der Waals surface area contributed by atoms with Crippen molar-refractivity contribution in [2.75, 3.05) is 37.6 Å². The number of rotatable bonds is 4. The van der Waals surface area contributed by atoms with Crippen LogP contribution in [0.5, 0.6) is 0 Å². The van der Waals surface area contributed by atoms with Crippen LogP contribution in [0, 0.1) is 6.92 Å². The Labute approximate surface area is 192 Å². The fourth-order valence-electron chi connectivity index (χ4n) is 4.68. The molecular formula is C25H26N4O2S. The molecule has 5 rings (SSSR count). The first-order valence-electron chi connectivity index (χ1n) is 11.0. The number of anilines is 1. The van der Waals surface area contributed by atoms with Gasteiger partial charge in [-0.1, -0.05) is 36.4 Å². The average Bonchev–Trinajstić information content (AvgIpc) is 3.49. The van der Waals surface area contributed by atoms with Gasteiger partial charge in [-0.25, -0.2) is 4.98 Å². The zero-order chi connectivity index (χ0) is 22.1. The van der Waals surface area contributed by atoms with Crippen LogP contribution in [-0.4, -0.2) is 65.4 Å². The molecule has 32 heavy (non-hydrogen) atoms. The maximum atomic E-state index is 12.9. The van der Waals surface area contributed by atoms with Crippen LogP contribution in [0.4, 0.5) is 5.69 Å². The van der Waals surface area contributed by atoms with Gasteiger partial charge in [-0.15, -0.1) is 11.3 Å². The Morgan fingerprint density at radius 1 is 1.06 bits per heavy atom. The van der Waals surface area contributed by atoms with Crippen molar-refractivity contribution in [3.8, 4) is 11.1 Å². The third kappa shape index (κ3) is 4.06. The van der Waals surface area contributed by atoms with E-state index in [2.05, 4.69) is 41.1 Å². The normalized spacial score (nSPS) is 19.5. The van der Waals surface area contributed by atoms with E-state index in [1.165, 1.54) is 22.5 Å². The van der Waals surface area contributed by atoms with Crippen molar-refractivity contribution in [2.24, 2.45) is 0 Å². The standard InChI is InChI=1S/C25H26N4O2S/c1-18-5-2-3-8-22(18)19-6-4-7-20(15-19)29-17-21(16-23(29)30)27-10-12-28(13-11-27)25(31)24-26-9-14-32-24/h2-9,14-15,21H,10-13,16-17H2,1H3. The minimum atomic E-state index is 0.0109. The lowest BCUT2D eigenvalue weighted by Gasteiger charge is -2.37. The number of piperazine rings is 1. The van der Waals surface area contributed by atoms with Gasteiger partial charge in [0.15, 0.2) is 5.01 Å². The average molecular weight is 447 g/mol. The molecule has 1 aromatic heterocycles. The predicted molar refractivity (Wildman–Crippen MR) is 127 cm³/mol. The van der Waals surface area contributed by atoms with Crippen molar-refractivity contribution >= 4 is 28.8 Å². The third-order valence-corrected chi connectivity index (χ3v) is 7.21. The van der Waals surface area contributed by atoms with Gasteiger partial charge in [-0.3, -0.25) is 14.5 Å². The number of nitrogens with zero attached hydrogens (tertiary/aromatic N) is 4. The van der Waals surface area contributed by atoms with Crippen LogP contribution < -0.4 is 4.90 Å². The molecule has 3 aromatic rings. The van der Waals surface area contributed by atoms with Crippen LogP contribution in [0.1, 0.15) is 21.8 Å². The molecule has 164 valence electrons. The molecule has 2 aliphatic heterocycles. The van der Waals surface area contributed by atoms with E-state index in [4.69, 9.17) is 0 Å². The molecule has 0 saturated carbocycles. The second-order valence-electron chi connectivity index (χ2n) is 8.39. The Balaban J connectivity index is 1.25. The molecule has 1 atom stereocenters. The summed E-state index contributed by atoms with van der Waals surface area (Å²) in [5.74, 6) is 0.176. The maximum Gasteiger partial charge on any atom is 0.282 e. The molecule has 0 radical (unpaired) electrons. The predicted octanol–water partition coefficient (Wildman–Crippen LogP) is 3.68. The van der Waals surface area contributed by atoms with Gasteiger partial charge in [0.1, 0.15) is 0 Å². The number of aryl methyl sites for hydroxylation is 1. The van der Waals surface area contributed by atoms with E-state index < -0.39 is 0 Å². The monoisotopic (exact) mass is 446 g/mol. The summed E-state index contributed by atoms with van der Waals surface area (Å²) in [5, 5.41) is 2.38. The lowest BCUT2D eigenvalue weighted by molar-refractivity contribution is -0.117. The van der Waals surface area contributed by atoms with Crippen molar-refractivity contribution in [1.29, 1.82) is 0 Å². The van der Waals surface area contributed by atoms with E-state index in [-0.39, 0.29) is 17.9 Å². The van der Waals surface area contributed by atoms with Crippen molar-refractivity contribution in [1.82, 2.24) is 14.8 Å². The summed E-state index contributed by atoms with van der Waals surface area (Å²) in [6.45, 7) is 5.71. The summed E-state index contributed by atoms with van der Waals surface area (Å²) >= 11 is 1.38. The topological polar surface area (TPSA) is 56.8 Å². The molecule has 2 aromatic carbocycles. The number of benzene rings is 2. The SMILES string of the molecule is Cc1ccccc1-c1cccc(N2CC(N3CCN(C(=O)c4nccs4)CC3)CC2=O)c1. The highest BCUT2D eigenvalue weighted by molar-refractivity contribution is 7.11. The first kappa shape index (κ1) is 20.8. The van der Waals surface area contributed by atoms with Crippen LogP contribution in [0.15, 0.2) is 60.1 Å². The molecule has 0 N–H and O–H groups in total. The second-order valence-corrected chi connectivity index (χ2v) is 9.29. The van der Waals surface area contributed by atoms with E-state index >= 15 is 0 Å². The maximum absolute atomic E-state index is 12.9. The zero-order valence-electron chi connectivity index (χ0n) is 18.1. The van der Waals surface area contributed by atoms with Crippen LogP contribution in [0.2, 0.25) is 0 Å². The van der Waals surface area contributed by atoms with Crippen molar-refractivity contribution < 1.29 is 9.59 Å². The van der Waals surface area contributed by atoms with E-state index in [0.29, 0.717) is 31.1 Å². The Morgan fingerprint density at radius 3 is 2.62 bits per heavy atom. The molecule has 2 aliphatic rings. The van der Waals surface area contributed by atoms with Gasteiger partial charge >= 0.3 is 0 Å². The highest BCUT2D eigenvalue weighted by atomic mass is 32.1. The smallest absolute Gasteiger partial charge is 0.282 e. The summed E-state index contributed by atoms with van der Waals surface area (Å²) < 4.78 is 0. The Morgan fingerprint density at radius 2 is 1.88 bits per heavy atom. The molecule has 3 heterocycles. The van der Waals surface area contributed by atoms with Gasteiger partial charge in [0.25, 0.3) is 5.91 Å². The molecule has 0 aliphatic carbocycles. The summed E-state index contributed by atoms with van der Waals surface area (Å²) in [7, 11) is 0. The first-order valence-corrected chi connectivity index (χ1v) is 11.9. The minimum absolute atomic E-state index is 0.0109. The Kier molecular flexibility index (Phi) is 5.76. The largest absolute Gasteiger partial charge is 0.334 e. The van der Waals surface area contributed by atoms with Gasteiger partial charge < -0.3 is 9.80 Å². The van der Waals surface area contributed by atoms with E-state index in [1.54, 1.807) is 6.20 Å². The highest BCUT2D eigenvalue weighted by Crippen LogP contribution is 2.30. The number of carbonyl (C=O) groups is 2. The quantitative estimate of drug-likeness (QED) is 0.614. The Hall–Kier alpha value is -3.03. The highest BCUT2D eigenvalue weighted by Gasteiger charge is 2.36.